The van der Waals surface area contributed by atoms with Crippen LogP contribution in [0, 0.1) is 11.8 Å². The van der Waals surface area contributed by atoms with Crippen molar-refractivity contribution in [3.8, 4) is 0 Å². The first kappa shape index (κ1) is 16.9. The van der Waals surface area contributed by atoms with E-state index in [1.165, 1.54) is 0 Å². The maximum absolute atomic E-state index is 11.2. The zero-order chi connectivity index (χ0) is 14.1. The highest BCUT2D eigenvalue weighted by atomic mass is 16.6. The second kappa shape index (κ2) is 8.91. The van der Waals surface area contributed by atoms with Gasteiger partial charge in [0.2, 0.25) is 0 Å². The summed E-state index contributed by atoms with van der Waals surface area (Å²) in [5, 5.41) is 9.46. The van der Waals surface area contributed by atoms with Crippen molar-refractivity contribution in [2.75, 3.05) is 13.2 Å². The highest BCUT2D eigenvalue weighted by Crippen LogP contribution is 2.03. The van der Waals surface area contributed by atoms with Crippen LogP contribution in [0.3, 0.4) is 0 Å². The lowest BCUT2D eigenvalue weighted by atomic mass is 10.1. The monoisotopic (exact) mass is 260 g/mol. The Kier molecular flexibility index (Phi) is 8.37. The third-order valence-electron chi connectivity index (χ3n) is 2.02. The Hall–Kier alpha value is -1.10. The summed E-state index contributed by atoms with van der Waals surface area (Å²) in [5.41, 5.74) is 0. The van der Waals surface area contributed by atoms with Gasteiger partial charge in [-0.25, -0.2) is 0 Å². The zero-order valence-electron chi connectivity index (χ0n) is 11.6. The van der Waals surface area contributed by atoms with Crippen molar-refractivity contribution < 1.29 is 24.2 Å². The molecule has 0 bridgehead atoms. The average Bonchev–Trinajstić information content (AvgIpc) is 2.21. The van der Waals surface area contributed by atoms with E-state index in [0.29, 0.717) is 12.8 Å². The fraction of sp³-hybridized carbons (Fsp3) is 0.846. The van der Waals surface area contributed by atoms with Crippen LogP contribution in [-0.2, 0) is 19.1 Å². The van der Waals surface area contributed by atoms with Crippen molar-refractivity contribution >= 4 is 11.9 Å². The summed E-state index contributed by atoms with van der Waals surface area (Å²) >= 11 is 0. The molecule has 5 nitrogen and oxygen atoms in total. The van der Waals surface area contributed by atoms with Crippen LogP contribution < -0.4 is 0 Å². The average molecular weight is 260 g/mol. The van der Waals surface area contributed by atoms with Gasteiger partial charge >= 0.3 is 11.9 Å². The Bertz CT molecular complexity index is 234. The van der Waals surface area contributed by atoms with E-state index >= 15 is 0 Å². The molecular weight excluding hydrogens is 236 g/mol. The normalized spacial score (nSPS) is 11.1. The number of rotatable bonds is 8. The molecule has 18 heavy (non-hydrogen) atoms. The maximum Gasteiger partial charge on any atom is 0.306 e. The molecule has 0 saturated heterocycles. The molecular formula is C13H24O5. The minimum Gasteiger partial charge on any atom is -0.463 e. The molecule has 0 radical (unpaired) electrons. The summed E-state index contributed by atoms with van der Waals surface area (Å²) in [6, 6.07) is 0. The molecule has 0 unspecified atom stereocenters. The molecule has 0 aliphatic carbocycles. The Morgan fingerprint density at radius 2 is 1.22 bits per heavy atom. The van der Waals surface area contributed by atoms with Crippen LogP contribution in [0.2, 0.25) is 0 Å². The lowest BCUT2D eigenvalue weighted by molar-refractivity contribution is -0.153. The number of aliphatic hydroxyl groups is 1. The first-order valence-corrected chi connectivity index (χ1v) is 6.30. The van der Waals surface area contributed by atoms with Crippen LogP contribution in [0.4, 0.5) is 0 Å². The molecule has 0 atom stereocenters. The van der Waals surface area contributed by atoms with Crippen molar-refractivity contribution in [2.45, 2.75) is 46.6 Å². The van der Waals surface area contributed by atoms with Gasteiger partial charge in [-0.3, -0.25) is 9.59 Å². The summed E-state index contributed by atoms with van der Waals surface area (Å²) in [5.74, 6) is -0.257. The fourth-order valence-corrected chi connectivity index (χ4v) is 1.21. The lowest BCUT2D eigenvalue weighted by Gasteiger charge is -2.13. The van der Waals surface area contributed by atoms with Crippen molar-refractivity contribution in [2.24, 2.45) is 11.8 Å². The zero-order valence-corrected chi connectivity index (χ0v) is 11.6. The quantitative estimate of drug-likeness (QED) is 0.670. The minimum absolute atomic E-state index is 0.138. The molecule has 0 rings (SSSR count). The van der Waals surface area contributed by atoms with Crippen LogP contribution >= 0.6 is 0 Å². The summed E-state index contributed by atoms with van der Waals surface area (Å²) in [4.78, 5) is 22.4. The molecule has 106 valence electrons. The molecule has 0 amide bonds. The smallest absolute Gasteiger partial charge is 0.306 e. The Labute approximate surface area is 108 Å². The fourth-order valence-electron chi connectivity index (χ4n) is 1.21. The van der Waals surface area contributed by atoms with Gasteiger partial charge in [0.15, 0.2) is 0 Å². The van der Waals surface area contributed by atoms with Gasteiger partial charge in [-0.1, -0.05) is 27.7 Å². The molecule has 0 aliphatic heterocycles. The summed E-state index contributed by atoms with van der Waals surface area (Å²) in [6.07, 6.45) is -0.322. The Balaban J connectivity index is 3.68. The lowest BCUT2D eigenvalue weighted by Crippen LogP contribution is -2.26. The van der Waals surface area contributed by atoms with E-state index in [2.05, 4.69) is 0 Å². The summed E-state index contributed by atoms with van der Waals surface area (Å²) in [6.45, 7) is 7.36. The van der Waals surface area contributed by atoms with Crippen molar-refractivity contribution in [3.63, 3.8) is 0 Å². The van der Waals surface area contributed by atoms with Crippen molar-refractivity contribution in [1.82, 2.24) is 0 Å². The standard InChI is InChI=1S/C13H24O5/c1-9(2)5-12(15)17-7-11(14)8-18-13(16)6-10(3)4/h9-11,14H,5-8H2,1-4H3. The Morgan fingerprint density at radius 3 is 1.50 bits per heavy atom. The first-order chi connectivity index (χ1) is 8.31. The highest BCUT2D eigenvalue weighted by Gasteiger charge is 2.13. The van der Waals surface area contributed by atoms with E-state index in [1.54, 1.807) is 0 Å². The number of aliphatic hydroxyl groups excluding tert-OH is 1. The molecule has 5 heteroatoms. The van der Waals surface area contributed by atoms with Crippen LogP contribution in [-0.4, -0.2) is 36.4 Å². The molecule has 0 fully saturated rings. The van der Waals surface area contributed by atoms with Gasteiger partial charge in [-0.05, 0) is 11.8 Å². The van der Waals surface area contributed by atoms with E-state index in [9.17, 15) is 14.7 Å². The van der Waals surface area contributed by atoms with Gasteiger partial charge < -0.3 is 14.6 Å². The number of esters is 2. The third-order valence-corrected chi connectivity index (χ3v) is 2.02. The molecule has 0 aromatic rings. The summed E-state index contributed by atoms with van der Waals surface area (Å²) < 4.78 is 9.70. The van der Waals surface area contributed by atoms with Crippen molar-refractivity contribution in [3.05, 3.63) is 0 Å². The first-order valence-electron chi connectivity index (χ1n) is 6.30. The second-order valence-corrected chi connectivity index (χ2v) is 5.22. The van der Waals surface area contributed by atoms with Crippen LogP contribution in [0.1, 0.15) is 40.5 Å². The van der Waals surface area contributed by atoms with E-state index in [0.717, 1.165) is 0 Å². The third kappa shape index (κ3) is 10.1. The minimum atomic E-state index is -0.961. The van der Waals surface area contributed by atoms with Gasteiger partial charge in [0, 0.05) is 12.8 Å². The Morgan fingerprint density at radius 1 is 0.889 bits per heavy atom. The summed E-state index contributed by atoms with van der Waals surface area (Å²) in [7, 11) is 0. The van der Waals surface area contributed by atoms with Gasteiger partial charge in [-0.15, -0.1) is 0 Å². The van der Waals surface area contributed by atoms with E-state index in [1.807, 2.05) is 27.7 Å². The number of ether oxygens (including phenoxy) is 2. The predicted molar refractivity (Wildman–Crippen MR) is 66.8 cm³/mol. The SMILES string of the molecule is CC(C)CC(=O)OCC(O)COC(=O)CC(C)C. The molecule has 0 aromatic carbocycles. The number of carbonyl (C=O) groups is 2. The second-order valence-electron chi connectivity index (χ2n) is 5.22. The molecule has 0 saturated carbocycles. The predicted octanol–water partition coefficient (Wildman–Crippen LogP) is 1.53. The van der Waals surface area contributed by atoms with Gasteiger partial charge in [0.25, 0.3) is 0 Å². The molecule has 0 heterocycles. The number of hydrogen-bond donors (Lipinski definition) is 1. The van der Waals surface area contributed by atoms with Crippen LogP contribution in [0.25, 0.3) is 0 Å². The number of carbonyl (C=O) groups excluding carboxylic acids is 2. The van der Waals surface area contributed by atoms with Gasteiger partial charge in [0.1, 0.15) is 19.3 Å². The molecule has 0 aromatic heterocycles. The largest absolute Gasteiger partial charge is 0.463 e. The molecule has 1 N–H and O–H groups in total. The van der Waals surface area contributed by atoms with E-state index in [-0.39, 0.29) is 37.0 Å². The van der Waals surface area contributed by atoms with E-state index in [4.69, 9.17) is 9.47 Å². The van der Waals surface area contributed by atoms with E-state index < -0.39 is 6.10 Å². The van der Waals surface area contributed by atoms with Gasteiger partial charge in [-0.2, -0.15) is 0 Å². The topological polar surface area (TPSA) is 72.8 Å². The molecule has 0 aliphatic rings. The maximum atomic E-state index is 11.2. The van der Waals surface area contributed by atoms with Gasteiger partial charge in [0.05, 0.1) is 0 Å². The van der Waals surface area contributed by atoms with Crippen LogP contribution in [0.5, 0.6) is 0 Å². The number of hydrogen-bond acceptors (Lipinski definition) is 5. The molecule has 0 spiro atoms. The van der Waals surface area contributed by atoms with Crippen LogP contribution in [0.15, 0.2) is 0 Å². The highest BCUT2D eigenvalue weighted by molar-refractivity contribution is 5.70. The van der Waals surface area contributed by atoms with Crippen molar-refractivity contribution in [1.29, 1.82) is 0 Å².